The first-order chi connectivity index (χ1) is 15.9. The molecule has 1 saturated heterocycles. The van der Waals surface area contributed by atoms with Crippen LogP contribution in [0.4, 0.5) is 5.13 Å². The minimum atomic E-state index is -3.29. The second kappa shape index (κ2) is 10.6. The first-order valence-electron chi connectivity index (χ1n) is 11.0. The summed E-state index contributed by atoms with van der Waals surface area (Å²) in [4.78, 5) is 19.5. The summed E-state index contributed by atoms with van der Waals surface area (Å²) in [7, 11) is -1.69. The molecule has 1 aromatic heterocycles. The molecule has 33 heavy (non-hydrogen) atoms. The van der Waals surface area contributed by atoms with E-state index in [1.807, 2.05) is 36.4 Å². The summed E-state index contributed by atoms with van der Waals surface area (Å²) in [5, 5.41) is 0.603. The Hall–Kier alpha value is -2.49. The maximum absolute atomic E-state index is 13.2. The number of aromatic nitrogens is 1. The lowest BCUT2D eigenvalue weighted by molar-refractivity contribution is -0.119. The lowest BCUT2D eigenvalue weighted by Crippen LogP contribution is -2.37. The first kappa shape index (κ1) is 23.7. The van der Waals surface area contributed by atoms with Gasteiger partial charge in [-0.1, -0.05) is 41.7 Å². The number of nitrogens with zero attached hydrogens (tertiary/aromatic N) is 2. The van der Waals surface area contributed by atoms with Crippen LogP contribution in [0.3, 0.4) is 0 Å². The molecule has 0 spiro atoms. The predicted molar refractivity (Wildman–Crippen MR) is 131 cm³/mol. The molecule has 4 rings (SSSR count). The number of thiazole rings is 1. The third kappa shape index (κ3) is 6.31. The smallest absolute Gasteiger partial charge is 0.228 e. The van der Waals surface area contributed by atoms with Crippen molar-refractivity contribution in [2.24, 2.45) is 0 Å². The van der Waals surface area contributed by atoms with Gasteiger partial charge in [-0.25, -0.2) is 13.4 Å². The van der Waals surface area contributed by atoms with Crippen LogP contribution in [0.1, 0.15) is 31.2 Å². The van der Waals surface area contributed by atoms with Crippen LogP contribution in [0, 0.1) is 0 Å². The van der Waals surface area contributed by atoms with E-state index in [9.17, 15) is 13.2 Å². The molecular formula is C24H28N2O5S2. The number of ether oxygens (including phenoxy) is 2. The van der Waals surface area contributed by atoms with Crippen molar-refractivity contribution >= 4 is 42.4 Å². The van der Waals surface area contributed by atoms with Gasteiger partial charge in [0, 0.05) is 19.1 Å². The number of sulfone groups is 1. The summed E-state index contributed by atoms with van der Waals surface area (Å²) in [6.45, 7) is 1.12. The highest BCUT2D eigenvalue weighted by Crippen LogP contribution is 2.32. The van der Waals surface area contributed by atoms with Gasteiger partial charge in [-0.2, -0.15) is 0 Å². The van der Waals surface area contributed by atoms with Crippen LogP contribution in [0.2, 0.25) is 0 Å². The van der Waals surface area contributed by atoms with Crippen LogP contribution in [0.15, 0.2) is 48.5 Å². The van der Waals surface area contributed by atoms with Crippen molar-refractivity contribution in [3.8, 4) is 5.75 Å². The molecular weight excluding hydrogens is 460 g/mol. The number of methoxy groups -OCH3 is 1. The van der Waals surface area contributed by atoms with Crippen molar-refractivity contribution in [3.63, 3.8) is 0 Å². The Morgan fingerprint density at radius 2 is 2.06 bits per heavy atom. The van der Waals surface area contributed by atoms with Crippen molar-refractivity contribution in [1.29, 1.82) is 0 Å². The molecule has 0 N–H and O–H groups in total. The molecule has 0 aliphatic carbocycles. The molecule has 1 fully saturated rings. The lowest BCUT2D eigenvalue weighted by atomic mass is 10.2. The molecule has 1 unspecified atom stereocenters. The van der Waals surface area contributed by atoms with Crippen molar-refractivity contribution in [3.05, 3.63) is 54.1 Å². The van der Waals surface area contributed by atoms with Gasteiger partial charge in [0.05, 0.1) is 41.5 Å². The van der Waals surface area contributed by atoms with E-state index >= 15 is 0 Å². The van der Waals surface area contributed by atoms with Crippen molar-refractivity contribution in [2.75, 3.05) is 30.9 Å². The number of hydrogen-bond acceptors (Lipinski definition) is 7. The van der Waals surface area contributed by atoms with Crippen molar-refractivity contribution < 1.29 is 22.7 Å². The van der Waals surface area contributed by atoms with Gasteiger partial charge in [0.25, 0.3) is 0 Å². The number of carbonyl (C=O) groups excluding carboxylic acids is 1. The van der Waals surface area contributed by atoms with Crippen LogP contribution in [0.5, 0.6) is 5.75 Å². The van der Waals surface area contributed by atoms with E-state index in [-0.39, 0.29) is 36.4 Å². The fraction of sp³-hybridized carbons (Fsp3) is 0.417. The summed E-state index contributed by atoms with van der Waals surface area (Å²) < 4.78 is 37.0. The largest absolute Gasteiger partial charge is 0.497 e. The standard InChI is InChI=1S/C24H28N2O5S2/c1-30-19-11-12-22-21(15-19)25-24(32-22)26(16-20-9-5-13-31-20)23(27)10-6-14-33(28,29)17-18-7-3-2-4-8-18/h2-4,7-8,11-12,15,20H,5-6,9-10,13-14,16-17H2,1H3. The second-order valence-corrected chi connectivity index (χ2v) is 11.3. The van der Waals surface area contributed by atoms with Crippen LogP contribution >= 0.6 is 11.3 Å². The third-order valence-corrected chi connectivity index (χ3v) is 8.34. The molecule has 7 nitrogen and oxygen atoms in total. The maximum atomic E-state index is 13.2. The Kier molecular flexibility index (Phi) is 7.62. The molecule has 0 radical (unpaired) electrons. The summed E-state index contributed by atoms with van der Waals surface area (Å²) in [5.74, 6) is 0.534. The molecule has 2 aromatic carbocycles. The number of hydrogen-bond donors (Lipinski definition) is 0. The Morgan fingerprint density at radius 1 is 1.24 bits per heavy atom. The zero-order valence-corrected chi connectivity index (χ0v) is 20.2. The van der Waals surface area contributed by atoms with E-state index in [0.29, 0.717) is 24.0 Å². The topological polar surface area (TPSA) is 85.8 Å². The molecule has 2 heterocycles. The summed E-state index contributed by atoms with van der Waals surface area (Å²) in [5.41, 5.74) is 1.53. The van der Waals surface area contributed by atoms with Crippen LogP contribution in [0.25, 0.3) is 10.2 Å². The predicted octanol–water partition coefficient (Wildman–Crippen LogP) is 4.21. The van der Waals surface area contributed by atoms with E-state index in [1.54, 1.807) is 24.1 Å². The number of carbonyl (C=O) groups is 1. The van der Waals surface area contributed by atoms with Gasteiger partial charge in [-0.05, 0) is 37.0 Å². The first-order valence-corrected chi connectivity index (χ1v) is 13.7. The van der Waals surface area contributed by atoms with Gasteiger partial charge in [0.2, 0.25) is 5.91 Å². The van der Waals surface area contributed by atoms with Gasteiger partial charge in [-0.3, -0.25) is 9.69 Å². The summed E-state index contributed by atoms with van der Waals surface area (Å²) in [6.07, 6.45) is 2.25. The zero-order chi connectivity index (χ0) is 23.3. The van der Waals surface area contributed by atoms with E-state index in [2.05, 4.69) is 4.98 Å². The average molecular weight is 489 g/mol. The molecule has 1 aliphatic rings. The Morgan fingerprint density at radius 3 is 2.79 bits per heavy atom. The second-order valence-electron chi connectivity index (χ2n) is 8.15. The number of fused-ring (bicyclic) bond motifs is 1. The molecule has 0 saturated carbocycles. The normalized spacial score (nSPS) is 16.2. The molecule has 176 valence electrons. The van der Waals surface area contributed by atoms with Crippen molar-refractivity contribution in [2.45, 2.75) is 37.5 Å². The lowest BCUT2D eigenvalue weighted by Gasteiger charge is -2.23. The summed E-state index contributed by atoms with van der Waals surface area (Å²) in [6, 6.07) is 14.8. The van der Waals surface area contributed by atoms with Gasteiger partial charge in [0.15, 0.2) is 15.0 Å². The zero-order valence-electron chi connectivity index (χ0n) is 18.6. The molecule has 3 aromatic rings. The number of rotatable bonds is 10. The van der Waals surface area contributed by atoms with E-state index in [4.69, 9.17) is 9.47 Å². The van der Waals surface area contributed by atoms with Gasteiger partial charge in [-0.15, -0.1) is 0 Å². The Balaban J connectivity index is 1.44. The highest BCUT2D eigenvalue weighted by Gasteiger charge is 2.26. The van der Waals surface area contributed by atoms with Gasteiger partial charge in [0.1, 0.15) is 5.75 Å². The minimum Gasteiger partial charge on any atom is -0.497 e. The van der Waals surface area contributed by atoms with Gasteiger partial charge >= 0.3 is 0 Å². The van der Waals surface area contributed by atoms with Crippen LogP contribution in [-0.2, 0) is 25.1 Å². The fourth-order valence-electron chi connectivity index (χ4n) is 3.89. The monoisotopic (exact) mass is 488 g/mol. The van der Waals surface area contributed by atoms with E-state index < -0.39 is 9.84 Å². The molecule has 0 bridgehead atoms. The third-order valence-electron chi connectivity index (χ3n) is 5.60. The van der Waals surface area contributed by atoms with Gasteiger partial charge < -0.3 is 9.47 Å². The number of benzene rings is 2. The molecule has 1 atom stereocenters. The SMILES string of the molecule is COc1ccc2sc(N(CC3CCCO3)C(=O)CCCS(=O)(=O)Cc3ccccc3)nc2c1. The molecule has 1 aliphatic heterocycles. The average Bonchev–Trinajstić information content (AvgIpc) is 3.46. The van der Waals surface area contributed by atoms with Crippen molar-refractivity contribution in [1.82, 2.24) is 4.98 Å². The maximum Gasteiger partial charge on any atom is 0.228 e. The van der Waals surface area contributed by atoms with Crippen LogP contribution < -0.4 is 9.64 Å². The quantitative estimate of drug-likeness (QED) is 0.425. The summed E-state index contributed by atoms with van der Waals surface area (Å²) >= 11 is 1.44. The van der Waals surface area contributed by atoms with E-state index in [0.717, 1.165) is 28.6 Å². The Bertz CT molecular complexity index is 1190. The Labute approximate surface area is 198 Å². The highest BCUT2D eigenvalue weighted by molar-refractivity contribution is 7.90. The number of anilines is 1. The number of amides is 1. The minimum absolute atomic E-state index is 0.0125. The fourth-order valence-corrected chi connectivity index (χ4v) is 6.30. The molecule has 9 heteroatoms. The highest BCUT2D eigenvalue weighted by atomic mass is 32.2. The van der Waals surface area contributed by atoms with E-state index in [1.165, 1.54) is 11.3 Å². The van der Waals surface area contributed by atoms with Crippen LogP contribution in [-0.4, -0.2) is 51.4 Å². The molecule has 1 amide bonds.